The van der Waals surface area contributed by atoms with Crippen LogP contribution in [0.1, 0.15) is 73.1 Å². The van der Waals surface area contributed by atoms with Crippen molar-refractivity contribution in [3.05, 3.63) is 0 Å². The molecule has 3 heteroatoms. The number of hydrogen-bond acceptors (Lipinski definition) is 1. The first-order valence-electron chi connectivity index (χ1n) is 8.79. The van der Waals surface area contributed by atoms with Gasteiger partial charge < -0.3 is 0 Å². The molecule has 0 aromatic heterocycles. The first-order valence-corrected chi connectivity index (χ1v) is 17.3. The maximum absolute atomic E-state index is 5.51. The van der Waals surface area contributed by atoms with E-state index in [2.05, 4.69) is 39.9 Å². The molecule has 0 spiro atoms. The van der Waals surface area contributed by atoms with E-state index in [4.69, 9.17) is 12.2 Å². The summed E-state index contributed by atoms with van der Waals surface area (Å²) in [7, 11) is 0. The molecule has 0 unspecified atom stereocenters. The molecule has 0 rings (SSSR count). The Bertz CT molecular complexity index is 232. The van der Waals surface area contributed by atoms with Gasteiger partial charge >= 0.3 is 138 Å². The summed E-state index contributed by atoms with van der Waals surface area (Å²) in [6.45, 7) is 11.4. The van der Waals surface area contributed by atoms with Gasteiger partial charge in [-0.2, -0.15) is 0 Å². The molecule has 0 aliphatic carbocycles. The number of nitrogens with one attached hydrogen (secondary N) is 1. The summed E-state index contributed by atoms with van der Waals surface area (Å²) in [5.41, 5.74) is 0. The molecule has 0 saturated carbocycles. The molecule has 0 amide bonds. The van der Waals surface area contributed by atoms with Gasteiger partial charge in [0.15, 0.2) is 0 Å². The van der Waals surface area contributed by atoms with Crippen LogP contribution in [0.25, 0.3) is 0 Å². The predicted molar refractivity (Wildman–Crippen MR) is 100 cm³/mol. The monoisotopic (exact) mass is 407 g/mol. The summed E-state index contributed by atoms with van der Waals surface area (Å²) in [6.07, 6.45) is 8.39. The third-order valence-corrected chi connectivity index (χ3v) is 19.7. The van der Waals surface area contributed by atoms with E-state index in [-0.39, 0.29) is 0 Å². The minimum absolute atomic E-state index is 0.498. The fourth-order valence-electron chi connectivity index (χ4n) is 2.77. The zero-order valence-electron chi connectivity index (χ0n) is 14.6. The molecular formula is C17H37NSSn. The van der Waals surface area contributed by atoms with Crippen molar-refractivity contribution in [3.8, 4) is 0 Å². The van der Waals surface area contributed by atoms with Gasteiger partial charge in [0.25, 0.3) is 0 Å². The first-order chi connectivity index (χ1) is 9.51. The van der Waals surface area contributed by atoms with Gasteiger partial charge in [-0.3, -0.25) is 0 Å². The summed E-state index contributed by atoms with van der Waals surface area (Å²) < 4.78 is 6.00. The second kappa shape index (κ2) is 12.3. The van der Waals surface area contributed by atoms with Gasteiger partial charge in [0.2, 0.25) is 0 Å². The van der Waals surface area contributed by atoms with Gasteiger partial charge in [0.05, 0.1) is 0 Å². The summed E-state index contributed by atoms with van der Waals surface area (Å²) in [5.74, 6) is 0.498. The van der Waals surface area contributed by atoms with Crippen molar-refractivity contribution in [2.45, 2.75) is 86.5 Å². The molecule has 0 aliphatic rings. The van der Waals surface area contributed by atoms with Gasteiger partial charge in [-0.15, -0.1) is 0 Å². The molecule has 0 saturated heterocycles. The Hall–Kier alpha value is 0.689. The molecule has 0 bridgehead atoms. The molecule has 20 heavy (non-hydrogen) atoms. The third-order valence-electron chi connectivity index (χ3n) is 4.34. The molecule has 0 aromatic carbocycles. The zero-order chi connectivity index (χ0) is 15.4. The molecule has 0 fully saturated rings. The maximum atomic E-state index is 5.51. The van der Waals surface area contributed by atoms with Gasteiger partial charge in [-0.25, -0.2) is 0 Å². The topological polar surface area (TPSA) is 12.0 Å². The van der Waals surface area contributed by atoms with Gasteiger partial charge in [0.1, 0.15) is 0 Å². The van der Waals surface area contributed by atoms with Crippen LogP contribution in [0.3, 0.4) is 0 Å². The van der Waals surface area contributed by atoms with Crippen LogP contribution in [0.2, 0.25) is 13.3 Å². The van der Waals surface area contributed by atoms with Crippen molar-refractivity contribution in [1.82, 2.24) is 5.32 Å². The van der Waals surface area contributed by atoms with Gasteiger partial charge in [0, 0.05) is 0 Å². The third kappa shape index (κ3) is 8.86. The molecule has 120 valence electrons. The Morgan fingerprint density at radius 3 is 1.60 bits per heavy atom. The van der Waals surface area contributed by atoms with Crippen LogP contribution in [0.4, 0.5) is 0 Å². The van der Waals surface area contributed by atoms with Gasteiger partial charge in [-0.1, -0.05) is 0 Å². The SMILES string of the molecule is CCC[CH2][Sn]([CH2]CCC)([CH2]CCC)[CH2]NC(=S)C(C)C. The van der Waals surface area contributed by atoms with Crippen LogP contribution >= 0.6 is 12.2 Å². The summed E-state index contributed by atoms with van der Waals surface area (Å²) in [6, 6.07) is 0. The number of hydrogen-bond donors (Lipinski definition) is 1. The van der Waals surface area contributed by atoms with E-state index in [1.165, 1.54) is 43.1 Å². The molecule has 0 atom stereocenters. The van der Waals surface area contributed by atoms with Crippen molar-refractivity contribution in [2.24, 2.45) is 5.92 Å². The second-order valence-electron chi connectivity index (χ2n) is 6.68. The van der Waals surface area contributed by atoms with E-state index in [9.17, 15) is 0 Å². The fraction of sp³-hybridized carbons (Fsp3) is 0.941. The molecule has 0 aromatic rings. The Morgan fingerprint density at radius 2 is 1.30 bits per heavy atom. The quantitative estimate of drug-likeness (QED) is 0.318. The number of rotatable bonds is 12. The van der Waals surface area contributed by atoms with Crippen LogP contribution in [0.5, 0.6) is 0 Å². The normalized spacial score (nSPS) is 11.9. The Balaban J connectivity index is 4.69. The van der Waals surface area contributed by atoms with Crippen LogP contribution in [-0.4, -0.2) is 27.9 Å². The molecule has 0 heterocycles. The Labute approximate surface area is 137 Å². The van der Waals surface area contributed by atoms with E-state index in [0.29, 0.717) is 5.92 Å². The van der Waals surface area contributed by atoms with E-state index >= 15 is 0 Å². The average molecular weight is 406 g/mol. The number of unbranched alkanes of at least 4 members (excludes halogenated alkanes) is 3. The molecule has 0 aliphatic heterocycles. The predicted octanol–water partition coefficient (Wildman–Crippen LogP) is 5.95. The van der Waals surface area contributed by atoms with Crippen LogP contribution in [0, 0.1) is 5.92 Å². The fourth-order valence-corrected chi connectivity index (χ4v) is 17.9. The summed E-state index contributed by atoms with van der Waals surface area (Å²) >= 11 is 3.50. The molecule has 1 N–H and O–H groups in total. The molecule has 1 nitrogen and oxygen atoms in total. The number of thiocarbonyl (C=S) groups is 1. The Kier molecular flexibility index (Phi) is 12.7. The van der Waals surface area contributed by atoms with Crippen LogP contribution < -0.4 is 5.32 Å². The zero-order valence-corrected chi connectivity index (χ0v) is 18.2. The second-order valence-corrected chi connectivity index (χ2v) is 21.0. The molecule has 0 radical (unpaired) electrons. The van der Waals surface area contributed by atoms with E-state index in [1.54, 1.807) is 13.3 Å². The minimum atomic E-state index is -2.00. The standard InChI is InChI=1S/C5H10NS.3C4H9.Sn/c1-4(2)5(7)6-3;3*1-3-4-2;/h4H,3H2,1-2H3,(H,6,7);3*1,3-4H2,2H3;. The average Bonchev–Trinajstić information content (AvgIpc) is 2.45. The van der Waals surface area contributed by atoms with Crippen LogP contribution in [-0.2, 0) is 0 Å². The van der Waals surface area contributed by atoms with E-state index < -0.39 is 18.4 Å². The van der Waals surface area contributed by atoms with Crippen LogP contribution in [0.15, 0.2) is 0 Å². The van der Waals surface area contributed by atoms with E-state index in [0.717, 1.165) is 4.99 Å². The summed E-state index contributed by atoms with van der Waals surface area (Å²) in [4.78, 5) is 1.09. The van der Waals surface area contributed by atoms with Crippen molar-refractivity contribution < 1.29 is 0 Å². The summed E-state index contributed by atoms with van der Waals surface area (Å²) in [5, 5.41) is 3.67. The first kappa shape index (κ1) is 20.7. The van der Waals surface area contributed by atoms with Crippen molar-refractivity contribution in [3.63, 3.8) is 0 Å². The van der Waals surface area contributed by atoms with Crippen molar-refractivity contribution >= 4 is 35.6 Å². The molecular weight excluding hydrogens is 369 g/mol. The Morgan fingerprint density at radius 1 is 0.900 bits per heavy atom. The van der Waals surface area contributed by atoms with Crippen molar-refractivity contribution in [2.75, 3.05) is 4.56 Å². The van der Waals surface area contributed by atoms with Crippen molar-refractivity contribution in [1.29, 1.82) is 0 Å². The van der Waals surface area contributed by atoms with Gasteiger partial charge in [-0.05, 0) is 0 Å². The van der Waals surface area contributed by atoms with E-state index in [1.807, 2.05) is 0 Å².